The Bertz CT molecular complexity index is 652. The van der Waals surface area contributed by atoms with E-state index in [0.29, 0.717) is 5.56 Å². The largest absolute Gasteiger partial charge is 0.480 e. The molecule has 0 fully saturated rings. The van der Waals surface area contributed by atoms with E-state index in [1.807, 2.05) is 6.07 Å². The van der Waals surface area contributed by atoms with Crippen molar-refractivity contribution in [2.45, 2.75) is 26.8 Å². The van der Waals surface area contributed by atoms with Crippen molar-refractivity contribution in [1.82, 2.24) is 10.3 Å². The SMILES string of the molecule is CC(C)(C)[C@H](NC(=O)c1cccc2[nH]ccc12)C(=O)O. The normalized spacial score (nSPS) is 13.2. The fourth-order valence-electron chi connectivity index (χ4n) is 2.14. The molecule has 5 nitrogen and oxygen atoms in total. The van der Waals surface area contributed by atoms with Gasteiger partial charge in [0.05, 0.1) is 0 Å². The lowest BCUT2D eigenvalue weighted by atomic mass is 9.86. The zero-order valence-corrected chi connectivity index (χ0v) is 11.7. The van der Waals surface area contributed by atoms with Crippen molar-refractivity contribution in [3.05, 3.63) is 36.0 Å². The molecule has 0 spiro atoms. The second kappa shape index (κ2) is 5.00. The van der Waals surface area contributed by atoms with Gasteiger partial charge < -0.3 is 15.4 Å². The van der Waals surface area contributed by atoms with Crippen LogP contribution >= 0.6 is 0 Å². The number of hydrogen-bond acceptors (Lipinski definition) is 2. The van der Waals surface area contributed by atoms with Gasteiger partial charge in [-0.2, -0.15) is 0 Å². The number of rotatable bonds is 3. The van der Waals surface area contributed by atoms with Crippen LogP contribution in [0.15, 0.2) is 30.5 Å². The number of aromatic nitrogens is 1. The van der Waals surface area contributed by atoms with Gasteiger partial charge in [0.25, 0.3) is 5.91 Å². The van der Waals surface area contributed by atoms with Gasteiger partial charge >= 0.3 is 5.97 Å². The molecule has 2 rings (SSSR count). The second-order valence-electron chi connectivity index (χ2n) is 5.86. The van der Waals surface area contributed by atoms with Gasteiger partial charge in [-0.25, -0.2) is 4.79 Å². The van der Waals surface area contributed by atoms with Crippen LogP contribution in [-0.4, -0.2) is 28.0 Å². The molecule has 0 aliphatic heterocycles. The first-order valence-electron chi connectivity index (χ1n) is 6.40. The van der Waals surface area contributed by atoms with Gasteiger partial charge in [-0.15, -0.1) is 0 Å². The van der Waals surface area contributed by atoms with Crippen molar-refractivity contribution in [3.63, 3.8) is 0 Å². The summed E-state index contributed by atoms with van der Waals surface area (Å²) in [6.07, 6.45) is 1.75. The van der Waals surface area contributed by atoms with E-state index in [4.69, 9.17) is 0 Å². The third-order valence-corrected chi connectivity index (χ3v) is 3.23. The minimum absolute atomic E-state index is 0.377. The van der Waals surface area contributed by atoms with Crippen LogP contribution in [-0.2, 0) is 4.79 Å². The molecule has 0 aliphatic carbocycles. The van der Waals surface area contributed by atoms with Crippen molar-refractivity contribution in [1.29, 1.82) is 0 Å². The molecular weight excluding hydrogens is 256 g/mol. The molecule has 1 heterocycles. The summed E-state index contributed by atoms with van der Waals surface area (Å²) in [4.78, 5) is 26.7. The van der Waals surface area contributed by atoms with Crippen LogP contribution in [0.3, 0.4) is 0 Å². The molecule has 1 aromatic heterocycles. The summed E-state index contributed by atoms with van der Waals surface area (Å²) in [6, 6.07) is 6.18. The molecule has 3 N–H and O–H groups in total. The summed E-state index contributed by atoms with van der Waals surface area (Å²) in [5.74, 6) is -1.41. The number of carbonyl (C=O) groups is 2. The molecule has 5 heteroatoms. The number of hydrogen-bond donors (Lipinski definition) is 3. The van der Waals surface area contributed by atoms with Crippen molar-refractivity contribution >= 4 is 22.8 Å². The lowest BCUT2D eigenvalue weighted by molar-refractivity contribution is -0.142. The summed E-state index contributed by atoms with van der Waals surface area (Å²) in [7, 11) is 0. The number of carboxylic acids is 1. The van der Waals surface area contributed by atoms with Crippen LogP contribution in [0.5, 0.6) is 0 Å². The number of nitrogens with one attached hydrogen (secondary N) is 2. The van der Waals surface area contributed by atoms with Crippen molar-refractivity contribution in [3.8, 4) is 0 Å². The quantitative estimate of drug-likeness (QED) is 0.803. The molecule has 0 radical (unpaired) electrons. The Hall–Kier alpha value is -2.30. The summed E-state index contributed by atoms with van der Waals surface area (Å²) >= 11 is 0. The zero-order chi connectivity index (χ0) is 14.9. The second-order valence-corrected chi connectivity index (χ2v) is 5.86. The third kappa shape index (κ3) is 2.66. The maximum atomic E-state index is 12.3. The molecule has 106 valence electrons. The highest BCUT2D eigenvalue weighted by Crippen LogP contribution is 2.22. The van der Waals surface area contributed by atoms with E-state index in [0.717, 1.165) is 10.9 Å². The highest BCUT2D eigenvalue weighted by molar-refractivity contribution is 6.07. The van der Waals surface area contributed by atoms with Gasteiger partial charge in [0.15, 0.2) is 0 Å². The smallest absolute Gasteiger partial charge is 0.326 e. The van der Waals surface area contributed by atoms with Gasteiger partial charge in [-0.3, -0.25) is 4.79 Å². The third-order valence-electron chi connectivity index (χ3n) is 3.23. The lowest BCUT2D eigenvalue weighted by Gasteiger charge is -2.27. The predicted molar refractivity (Wildman–Crippen MR) is 76.6 cm³/mol. The number of H-pyrrole nitrogens is 1. The highest BCUT2D eigenvalue weighted by Gasteiger charge is 2.33. The Balaban J connectivity index is 2.32. The average molecular weight is 274 g/mol. The molecule has 1 atom stereocenters. The monoisotopic (exact) mass is 274 g/mol. The van der Waals surface area contributed by atoms with Crippen LogP contribution in [0.1, 0.15) is 31.1 Å². The Labute approximate surface area is 117 Å². The van der Waals surface area contributed by atoms with E-state index in [-0.39, 0.29) is 5.91 Å². The molecule has 1 amide bonds. The minimum Gasteiger partial charge on any atom is -0.480 e. The molecule has 20 heavy (non-hydrogen) atoms. The van der Waals surface area contributed by atoms with Crippen LogP contribution < -0.4 is 5.32 Å². The van der Waals surface area contributed by atoms with E-state index in [2.05, 4.69) is 10.3 Å². The van der Waals surface area contributed by atoms with E-state index in [1.54, 1.807) is 45.2 Å². The molecule has 1 aromatic carbocycles. The standard InChI is InChI=1S/C15H18N2O3/c1-15(2,3)12(14(19)20)17-13(18)10-5-4-6-11-9(10)7-8-16-11/h4-8,12,16H,1-3H3,(H,17,18)(H,19,20)/t12-/m1/s1. The molecule has 0 unspecified atom stereocenters. The molecule has 0 saturated carbocycles. The topological polar surface area (TPSA) is 82.2 Å². The number of carbonyl (C=O) groups excluding carboxylic acids is 1. The van der Waals surface area contributed by atoms with Gasteiger partial charge in [0, 0.05) is 22.7 Å². The van der Waals surface area contributed by atoms with E-state index in [1.165, 1.54) is 0 Å². The van der Waals surface area contributed by atoms with E-state index < -0.39 is 17.4 Å². The van der Waals surface area contributed by atoms with Gasteiger partial charge in [-0.1, -0.05) is 26.8 Å². The molecule has 0 saturated heterocycles. The first kappa shape index (κ1) is 14.1. The first-order valence-corrected chi connectivity index (χ1v) is 6.40. The predicted octanol–water partition coefficient (Wildman–Crippen LogP) is 2.40. The summed E-state index contributed by atoms with van der Waals surface area (Å²) in [5.41, 5.74) is 0.757. The molecule has 2 aromatic rings. The summed E-state index contributed by atoms with van der Waals surface area (Å²) in [6.45, 7) is 5.34. The van der Waals surface area contributed by atoms with Crippen molar-refractivity contribution in [2.75, 3.05) is 0 Å². The van der Waals surface area contributed by atoms with Gasteiger partial charge in [-0.05, 0) is 23.6 Å². The number of amides is 1. The number of benzene rings is 1. The van der Waals surface area contributed by atoms with Gasteiger partial charge in [0.2, 0.25) is 0 Å². The van der Waals surface area contributed by atoms with Crippen molar-refractivity contribution in [2.24, 2.45) is 5.41 Å². The zero-order valence-electron chi connectivity index (χ0n) is 11.7. The number of aromatic amines is 1. The van der Waals surface area contributed by atoms with Crippen LogP contribution in [0.4, 0.5) is 0 Å². The maximum absolute atomic E-state index is 12.3. The summed E-state index contributed by atoms with van der Waals surface area (Å²) in [5, 5.41) is 12.6. The fraction of sp³-hybridized carbons (Fsp3) is 0.333. The maximum Gasteiger partial charge on any atom is 0.326 e. The number of aliphatic carboxylic acids is 1. The Morgan fingerprint density at radius 3 is 2.55 bits per heavy atom. The fourth-order valence-corrected chi connectivity index (χ4v) is 2.14. The molecule has 0 aliphatic rings. The van der Waals surface area contributed by atoms with E-state index >= 15 is 0 Å². The first-order chi connectivity index (χ1) is 9.30. The Kier molecular flexibility index (Phi) is 3.53. The highest BCUT2D eigenvalue weighted by atomic mass is 16.4. The summed E-state index contributed by atoms with van der Waals surface area (Å²) < 4.78 is 0. The molecule has 0 bridgehead atoms. The van der Waals surface area contributed by atoms with Crippen LogP contribution in [0, 0.1) is 5.41 Å². The minimum atomic E-state index is -1.04. The van der Waals surface area contributed by atoms with Crippen LogP contribution in [0.2, 0.25) is 0 Å². The van der Waals surface area contributed by atoms with Crippen molar-refractivity contribution < 1.29 is 14.7 Å². The Morgan fingerprint density at radius 1 is 1.25 bits per heavy atom. The van der Waals surface area contributed by atoms with E-state index in [9.17, 15) is 14.7 Å². The number of carboxylic acid groups (broad SMARTS) is 1. The lowest BCUT2D eigenvalue weighted by Crippen LogP contribution is -2.49. The van der Waals surface area contributed by atoms with Gasteiger partial charge in [0.1, 0.15) is 6.04 Å². The Morgan fingerprint density at radius 2 is 1.95 bits per heavy atom. The average Bonchev–Trinajstić information content (AvgIpc) is 2.81. The number of fused-ring (bicyclic) bond motifs is 1. The molecular formula is C15H18N2O3. The van der Waals surface area contributed by atoms with Crippen LogP contribution in [0.25, 0.3) is 10.9 Å².